The largest absolute Gasteiger partial charge is 0.139 e. The van der Waals surface area contributed by atoms with Crippen molar-refractivity contribution in [1.29, 1.82) is 0 Å². The molecule has 9 rings (SSSR count). The Bertz CT molecular complexity index is 3260. The van der Waals surface area contributed by atoms with Crippen LogP contribution in [0.25, 0.3) is 80.1 Å². The lowest BCUT2D eigenvalue weighted by atomic mass is 9.98. The summed E-state index contributed by atoms with van der Waals surface area (Å²) < 4.78 is 5.30. The Labute approximate surface area is 608 Å². The number of hydrogen-bond acceptors (Lipinski definition) is 8. The number of thiophene rings is 8. The first-order valence-electron chi connectivity index (χ1n) is 37.2. The molecule has 0 aliphatic carbocycles. The summed E-state index contributed by atoms with van der Waals surface area (Å²) in [6.45, 7) is 18.8. The third-order valence-electron chi connectivity index (χ3n) is 19.1. The number of rotatable bonds is 46. The van der Waals surface area contributed by atoms with E-state index >= 15 is 0 Å². The van der Waals surface area contributed by atoms with Crippen molar-refractivity contribution in [2.75, 3.05) is 0 Å². The van der Waals surface area contributed by atoms with Gasteiger partial charge in [0.15, 0.2) is 0 Å². The van der Waals surface area contributed by atoms with Crippen molar-refractivity contribution in [2.24, 2.45) is 0 Å². The van der Waals surface area contributed by atoms with E-state index in [0.29, 0.717) is 0 Å². The topological polar surface area (TPSA) is 0 Å². The maximum atomic E-state index is 4.17. The van der Waals surface area contributed by atoms with Crippen molar-refractivity contribution in [3.63, 3.8) is 0 Å². The summed E-state index contributed by atoms with van der Waals surface area (Å²) in [5.74, 6) is 0. The van der Waals surface area contributed by atoms with Crippen LogP contribution in [-0.4, -0.2) is 0 Å². The SMILES string of the molecule is CCCCCCc1cc(-c2sc(-c3sc(-c4c5cc(Br)sc5c(-c5cc(CCCCCC)c(-c6cc(CCCCCC)c(-c7cc(CCCCCC)c(CCCCCC)s7)s6)s5)c5cc(Br)sc45)cc3CCCCCC)cc2CCCCCC)sc1CCCCCC. The number of hydrogen-bond donors (Lipinski definition) is 0. The summed E-state index contributed by atoms with van der Waals surface area (Å²) in [5, 5.41) is 2.81. The van der Waals surface area contributed by atoms with Gasteiger partial charge in [0.1, 0.15) is 0 Å². The van der Waals surface area contributed by atoms with Gasteiger partial charge in [-0.05, 0) is 217 Å². The molecule has 0 spiro atoms. The van der Waals surface area contributed by atoms with Crippen molar-refractivity contribution >= 4 is 143 Å². The summed E-state index contributed by atoms with van der Waals surface area (Å²) in [4.78, 5) is 18.5. The Morgan fingerprint density at radius 1 is 0.228 bits per heavy atom. The molecule has 0 aliphatic heterocycles. The van der Waals surface area contributed by atoms with E-state index < -0.39 is 0 Å². The van der Waals surface area contributed by atoms with Crippen LogP contribution in [-0.2, 0) is 51.4 Å². The molecular formula is C82H112Br2S8. The average molecular weight is 1510 g/mol. The second-order valence-corrected chi connectivity index (χ2v) is 38.1. The zero-order valence-corrected chi connectivity index (χ0v) is 67.6. The first kappa shape index (κ1) is 74.5. The predicted molar refractivity (Wildman–Crippen MR) is 435 cm³/mol. The fourth-order valence-electron chi connectivity index (χ4n) is 13.8. The number of fused-ring (bicyclic) bond motifs is 2. The van der Waals surface area contributed by atoms with Crippen LogP contribution >= 0.6 is 123 Å². The second kappa shape index (κ2) is 39.8. The van der Waals surface area contributed by atoms with Gasteiger partial charge in [-0.1, -0.05) is 209 Å². The van der Waals surface area contributed by atoms with Gasteiger partial charge in [0.05, 0.1) is 7.57 Å². The minimum Gasteiger partial charge on any atom is -0.139 e. The van der Waals surface area contributed by atoms with Gasteiger partial charge in [-0.25, -0.2) is 0 Å². The van der Waals surface area contributed by atoms with Crippen molar-refractivity contribution in [1.82, 2.24) is 0 Å². The third kappa shape index (κ3) is 20.2. The molecule has 0 aliphatic rings. The quantitative estimate of drug-likeness (QED) is 0.0334. The summed E-state index contributed by atoms with van der Waals surface area (Å²) >= 11 is 25.1. The Morgan fingerprint density at radius 3 is 0.739 bits per heavy atom. The molecule has 0 fully saturated rings. The van der Waals surface area contributed by atoms with Gasteiger partial charge in [0, 0.05) is 89.8 Å². The summed E-state index contributed by atoms with van der Waals surface area (Å²) in [5.41, 5.74) is 12.5. The van der Waals surface area contributed by atoms with Gasteiger partial charge >= 0.3 is 0 Å². The molecule has 1 aromatic carbocycles. The smallest absolute Gasteiger partial charge is 0.0711 e. The summed E-state index contributed by atoms with van der Waals surface area (Å²) in [6, 6.07) is 21.1. The van der Waals surface area contributed by atoms with E-state index in [1.54, 1.807) is 62.6 Å². The lowest BCUT2D eigenvalue weighted by Gasteiger charge is -2.09. The highest BCUT2D eigenvalue weighted by Crippen LogP contribution is 2.57. The maximum Gasteiger partial charge on any atom is 0.0711 e. The summed E-state index contributed by atoms with van der Waals surface area (Å²) in [7, 11) is 0. The molecule has 502 valence electrons. The molecule has 0 unspecified atom stereocenters. The van der Waals surface area contributed by atoms with Crippen LogP contribution in [0, 0.1) is 0 Å². The van der Waals surface area contributed by atoms with E-state index in [1.165, 1.54) is 312 Å². The van der Waals surface area contributed by atoms with E-state index in [0.717, 1.165) is 12.8 Å². The summed E-state index contributed by atoms with van der Waals surface area (Å²) in [6.07, 6.45) is 51.4. The van der Waals surface area contributed by atoms with Crippen LogP contribution in [0.2, 0.25) is 0 Å². The normalized spacial score (nSPS) is 12.0. The number of benzene rings is 1. The van der Waals surface area contributed by atoms with Gasteiger partial charge in [-0.3, -0.25) is 0 Å². The van der Waals surface area contributed by atoms with Crippen molar-refractivity contribution < 1.29 is 0 Å². The van der Waals surface area contributed by atoms with E-state index in [9.17, 15) is 0 Å². The number of aryl methyl sites for hydroxylation is 8. The van der Waals surface area contributed by atoms with Crippen LogP contribution in [0.1, 0.15) is 304 Å². The molecular weight excluding hydrogens is 1400 g/mol. The molecule has 0 saturated carbocycles. The molecule has 0 atom stereocenters. The zero-order valence-electron chi connectivity index (χ0n) is 57.9. The van der Waals surface area contributed by atoms with Crippen molar-refractivity contribution in [3.05, 3.63) is 99.2 Å². The Morgan fingerprint density at radius 2 is 0.457 bits per heavy atom. The molecule has 0 amide bonds. The standard InChI is InChI=1S/C82H112Br2S8/c1-9-17-25-33-41-57-49-69(85-65(57)47-39-31-23-15-7)77-61(45-37-29-21-13-5)53-71(89-77)79-59(43-35-27-19-11-3)51-67(87-79)75-63-55-73(83)92-82(63)76(64-56-74(84)91-81(64)75)68-52-60(44-36-28-20-12-4)80(88-68)72-54-62(46-38-30-22-14-6)78(90-72)70-50-58(42-34-26-18-10-2)66(86-70)48-40-32-24-16-8/h49-56H,9-48H2,1-8H3. The highest BCUT2D eigenvalue weighted by atomic mass is 79.9. The molecule has 0 bridgehead atoms. The molecule has 10 heteroatoms. The second-order valence-electron chi connectivity index (χ2n) is 26.8. The van der Waals surface area contributed by atoms with Gasteiger partial charge in [0.25, 0.3) is 0 Å². The first-order valence-corrected chi connectivity index (χ1v) is 45.4. The molecule has 0 radical (unpaired) electrons. The lowest BCUT2D eigenvalue weighted by Crippen LogP contribution is -1.90. The van der Waals surface area contributed by atoms with E-state index in [1.807, 2.05) is 22.7 Å². The van der Waals surface area contributed by atoms with Crippen LogP contribution < -0.4 is 0 Å². The molecule has 0 saturated heterocycles. The first-order chi connectivity index (χ1) is 45.1. The zero-order chi connectivity index (χ0) is 64.6. The fraction of sp³-hybridized carbons (Fsp3) is 0.585. The van der Waals surface area contributed by atoms with Gasteiger partial charge in [-0.15, -0.1) is 90.7 Å². The molecule has 0 N–H and O–H groups in total. The average Bonchev–Trinajstić information content (AvgIpc) is 1.58. The van der Waals surface area contributed by atoms with Crippen LogP contribution in [0.5, 0.6) is 0 Å². The van der Waals surface area contributed by atoms with E-state index in [2.05, 4.69) is 204 Å². The Balaban J connectivity index is 1.16. The van der Waals surface area contributed by atoms with Crippen LogP contribution in [0.15, 0.2) is 56.1 Å². The number of halogens is 2. The van der Waals surface area contributed by atoms with Crippen molar-refractivity contribution in [2.45, 2.75) is 312 Å². The molecule has 8 heterocycles. The lowest BCUT2D eigenvalue weighted by molar-refractivity contribution is 0.654. The molecule has 8 aromatic heterocycles. The Hall–Kier alpha value is -1.70. The van der Waals surface area contributed by atoms with Gasteiger partial charge in [0.2, 0.25) is 0 Å². The van der Waals surface area contributed by atoms with Crippen LogP contribution in [0.3, 0.4) is 0 Å². The van der Waals surface area contributed by atoms with Crippen molar-refractivity contribution in [3.8, 4) is 59.9 Å². The maximum absolute atomic E-state index is 4.17. The third-order valence-corrected chi connectivity index (χ3v) is 30.4. The molecule has 9 aromatic rings. The van der Waals surface area contributed by atoms with Crippen LogP contribution in [0.4, 0.5) is 0 Å². The van der Waals surface area contributed by atoms with E-state index in [4.69, 9.17) is 0 Å². The number of unbranched alkanes of at least 4 members (excludes halogenated alkanes) is 24. The predicted octanol–water partition coefficient (Wildman–Crippen LogP) is 33.0. The Kier molecular flexibility index (Phi) is 32.2. The van der Waals surface area contributed by atoms with Gasteiger partial charge < -0.3 is 0 Å². The minimum atomic E-state index is 1.14. The minimum absolute atomic E-state index is 1.14. The van der Waals surface area contributed by atoms with Gasteiger partial charge in [-0.2, -0.15) is 0 Å². The molecule has 92 heavy (non-hydrogen) atoms. The van der Waals surface area contributed by atoms with E-state index in [-0.39, 0.29) is 0 Å². The molecule has 0 nitrogen and oxygen atoms in total. The highest BCUT2D eigenvalue weighted by molar-refractivity contribution is 9.11. The highest BCUT2D eigenvalue weighted by Gasteiger charge is 2.28. The fourth-order valence-corrected chi connectivity index (χ4v) is 25.4. The monoisotopic (exact) mass is 1510 g/mol.